The van der Waals surface area contributed by atoms with Gasteiger partial charge >= 0.3 is 6.09 Å². The quantitative estimate of drug-likeness (QED) is 0.877. The first kappa shape index (κ1) is 14.6. The first-order valence-electron chi connectivity index (χ1n) is 5.94. The van der Waals surface area contributed by atoms with E-state index >= 15 is 0 Å². The average Bonchev–Trinajstić information content (AvgIpc) is 2.67. The number of hydrogen-bond acceptors (Lipinski definition) is 7. The Morgan fingerprint density at radius 1 is 1.27 bits per heavy atom. The minimum absolute atomic E-state index is 0.0428. The fourth-order valence-corrected chi connectivity index (χ4v) is 3.91. The number of amides is 1. The molecule has 10 heteroatoms. The maximum Gasteiger partial charge on any atom is 0.417 e. The highest BCUT2D eigenvalue weighted by Crippen LogP contribution is 2.49. The summed E-state index contributed by atoms with van der Waals surface area (Å²) in [6.45, 7) is -0.157. The van der Waals surface area contributed by atoms with Gasteiger partial charge in [-0.25, -0.2) is 18.4 Å². The van der Waals surface area contributed by atoms with E-state index in [1.54, 1.807) is 30.3 Å². The van der Waals surface area contributed by atoms with Crippen molar-refractivity contribution < 1.29 is 27.4 Å². The molecule has 1 amide bonds. The first-order valence-corrected chi connectivity index (χ1v) is 8.30. The number of benzene rings is 1. The van der Waals surface area contributed by atoms with Gasteiger partial charge in [0.1, 0.15) is 10.8 Å². The summed E-state index contributed by atoms with van der Waals surface area (Å²) in [5.74, 6) is 0.302. The van der Waals surface area contributed by atoms with E-state index in [1.165, 1.54) is 0 Å². The van der Waals surface area contributed by atoms with Gasteiger partial charge < -0.3 is 14.2 Å². The lowest BCUT2D eigenvalue weighted by Crippen LogP contribution is -2.20. The number of sulfonamides is 1. The number of anilines is 1. The van der Waals surface area contributed by atoms with E-state index in [1.807, 2.05) is 0 Å². The molecule has 1 aliphatic heterocycles. The lowest BCUT2D eigenvalue weighted by atomic mass is 10.3. The molecule has 0 atom stereocenters. The van der Waals surface area contributed by atoms with E-state index in [0.717, 1.165) is 11.3 Å². The molecule has 3 N–H and O–H groups in total. The van der Waals surface area contributed by atoms with Crippen molar-refractivity contribution in [1.82, 2.24) is 0 Å². The van der Waals surface area contributed by atoms with E-state index in [2.05, 4.69) is 5.32 Å². The molecular formula is C12H10N2O6S2. The summed E-state index contributed by atoms with van der Waals surface area (Å²) in [5.41, 5.74) is 0. The van der Waals surface area contributed by atoms with Crippen LogP contribution in [0.4, 0.5) is 9.80 Å². The maximum atomic E-state index is 11.8. The van der Waals surface area contributed by atoms with Gasteiger partial charge in [0.25, 0.3) is 0 Å². The van der Waals surface area contributed by atoms with Crippen molar-refractivity contribution in [2.45, 2.75) is 4.90 Å². The zero-order valence-electron chi connectivity index (χ0n) is 10.9. The molecule has 22 heavy (non-hydrogen) atoms. The fraction of sp³-hybridized carbons (Fsp3) is 0.0833. The molecule has 0 aliphatic carbocycles. The van der Waals surface area contributed by atoms with Crippen molar-refractivity contribution in [2.75, 3.05) is 12.1 Å². The number of fused-ring (bicyclic) bond motifs is 2. The zero-order valence-corrected chi connectivity index (χ0v) is 12.6. The van der Waals surface area contributed by atoms with E-state index < -0.39 is 16.1 Å². The number of carbonyl (C=O) groups excluding carboxylic acids is 1. The number of carbonyl (C=O) groups is 1. The number of para-hydroxylation sites is 1. The topological polar surface area (TPSA) is 117 Å². The molecule has 0 fully saturated rings. The molecule has 1 aromatic carbocycles. The third-order valence-corrected chi connectivity index (χ3v) is 4.71. The SMILES string of the molecule is NS(=O)(=O)c1c2sc(NC(=O)Oc3ccccc3)c1OCO2. The molecular weight excluding hydrogens is 332 g/mol. The van der Waals surface area contributed by atoms with Crippen LogP contribution in [-0.4, -0.2) is 21.3 Å². The molecule has 0 radical (unpaired) electrons. The van der Waals surface area contributed by atoms with Crippen LogP contribution in [-0.2, 0) is 10.0 Å². The summed E-state index contributed by atoms with van der Waals surface area (Å²) < 4.78 is 38.3. The molecule has 1 aromatic heterocycles. The molecule has 0 saturated heterocycles. The number of nitrogens with two attached hydrogens (primary N) is 1. The smallest absolute Gasteiger partial charge is 0.417 e. The highest BCUT2D eigenvalue weighted by atomic mass is 32.2. The second-order valence-corrected chi connectivity index (χ2v) is 6.64. The summed E-state index contributed by atoms with van der Waals surface area (Å²) >= 11 is 0.896. The fourth-order valence-electron chi connectivity index (χ4n) is 1.79. The van der Waals surface area contributed by atoms with Gasteiger partial charge in [-0.1, -0.05) is 29.5 Å². The third kappa shape index (κ3) is 2.84. The van der Waals surface area contributed by atoms with Crippen molar-refractivity contribution in [3.05, 3.63) is 30.3 Å². The Labute approximate surface area is 129 Å². The van der Waals surface area contributed by atoms with Crippen LogP contribution in [0.1, 0.15) is 0 Å². The summed E-state index contributed by atoms with van der Waals surface area (Å²) in [5, 5.41) is 7.74. The standard InChI is InChI=1S/C12H10N2O6S2/c13-22(16,17)9-8-10(21-11(9)19-6-18-8)14-12(15)20-7-4-2-1-3-5-7/h1-5H,6H2,(H,14,15)(H2,13,16,17). The largest absolute Gasteiger partial charge is 0.453 e. The van der Waals surface area contributed by atoms with Crippen LogP contribution >= 0.6 is 11.3 Å². The van der Waals surface area contributed by atoms with Gasteiger partial charge in [-0.05, 0) is 12.1 Å². The molecule has 1 aliphatic rings. The Bertz CT molecular complexity index is 816. The highest BCUT2D eigenvalue weighted by molar-refractivity contribution is 7.89. The Morgan fingerprint density at radius 2 is 2.00 bits per heavy atom. The second kappa shape index (κ2) is 5.48. The lowest BCUT2D eigenvalue weighted by Gasteiger charge is -2.13. The van der Waals surface area contributed by atoms with Crippen molar-refractivity contribution in [3.8, 4) is 16.6 Å². The molecule has 8 nitrogen and oxygen atoms in total. The van der Waals surface area contributed by atoms with Gasteiger partial charge in [-0.15, -0.1) is 0 Å². The Hall–Kier alpha value is -2.30. The highest BCUT2D eigenvalue weighted by Gasteiger charge is 2.33. The monoisotopic (exact) mass is 342 g/mol. The molecule has 2 heterocycles. The molecule has 2 aromatic rings. The Morgan fingerprint density at radius 3 is 2.64 bits per heavy atom. The first-order chi connectivity index (χ1) is 10.4. The Kier molecular flexibility index (Phi) is 3.64. The third-order valence-electron chi connectivity index (χ3n) is 2.64. The summed E-state index contributed by atoms with van der Waals surface area (Å²) in [6.07, 6.45) is -0.785. The van der Waals surface area contributed by atoms with Crippen molar-refractivity contribution in [1.29, 1.82) is 0 Å². The minimum Gasteiger partial charge on any atom is -0.453 e. The van der Waals surface area contributed by atoms with Gasteiger partial charge in [0.2, 0.25) is 21.9 Å². The predicted molar refractivity (Wildman–Crippen MR) is 77.9 cm³/mol. The molecule has 0 spiro atoms. The predicted octanol–water partition coefficient (Wildman–Crippen LogP) is 1.74. The van der Waals surface area contributed by atoms with Crippen LogP contribution in [0.2, 0.25) is 0 Å². The van der Waals surface area contributed by atoms with Crippen LogP contribution in [0.15, 0.2) is 35.2 Å². The summed E-state index contributed by atoms with van der Waals surface area (Å²) in [6, 6.07) is 8.41. The van der Waals surface area contributed by atoms with Crippen molar-refractivity contribution in [3.63, 3.8) is 0 Å². The second-order valence-electron chi connectivity index (χ2n) is 4.16. The summed E-state index contributed by atoms with van der Waals surface area (Å²) in [7, 11) is -4.03. The van der Waals surface area contributed by atoms with Gasteiger partial charge in [-0.3, -0.25) is 5.32 Å². The van der Waals surface area contributed by atoms with Gasteiger partial charge in [-0.2, -0.15) is 0 Å². The van der Waals surface area contributed by atoms with Gasteiger partial charge in [0.05, 0.1) is 0 Å². The number of primary sulfonamides is 1. The van der Waals surface area contributed by atoms with Crippen molar-refractivity contribution >= 4 is 32.5 Å². The lowest BCUT2D eigenvalue weighted by molar-refractivity contribution is 0.103. The maximum absolute atomic E-state index is 11.8. The molecule has 0 saturated carbocycles. The molecule has 3 rings (SSSR count). The Balaban J connectivity index is 1.84. The number of hydrogen-bond donors (Lipinski definition) is 2. The molecule has 0 unspecified atom stereocenters. The van der Waals surface area contributed by atoms with Gasteiger partial charge in [0, 0.05) is 0 Å². The molecule has 116 valence electrons. The van der Waals surface area contributed by atoms with E-state index in [4.69, 9.17) is 19.3 Å². The number of rotatable bonds is 3. The zero-order chi connectivity index (χ0) is 15.7. The van der Waals surface area contributed by atoms with Crippen molar-refractivity contribution in [2.24, 2.45) is 5.14 Å². The number of nitrogens with one attached hydrogen (secondary N) is 1. The van der Waals surface area contributed by atoms with Crippen LogP contribution < -0.4 is 24.7 Å². The van der Waals surface area contributed by atoms with Gasteiger partial charge in [0.15, 0.2) is 10.6 Å². The minimum atomic E-state index is -4.03. The normalized spacial score (nSPS) is 13.0. The van der Waals surface area contributed by atoms with E-state index in [0.29, 0.717) is 5.75 Å². The summed E-state index contributed by atoms with van der Waals surface area (Å²) in [4.78, 5) is 11.6. The van der Waals surface area contributed by atoms with Crippen LogP contribution in [0, 0.1) is 0 Å². The van der Waals surface area contributed by atoms with Crippen LogP contribution in [0.25, 0.3) is 0 Å². The van der Waals surface area contributed by atoms with E-state index in [-0.39, 0.29) is 27.5 Å². The average molecular weight is 342 g/mol. The van der Waals surface area contributed by atoms with Crippen LogP contribution in [0.5, 0.6) is 16.6 Å². The van der Waals surface area contributed by atoms with E-state index in [9.17, 15) is 13.2 Å². The number of ether oxygens (including phenoxy) is 3. The number of thiophene rings is 1. The molecule has 2 bridgehead atoms. The van der Waals surface area contributed by atoms with Crippen LogP contribution in [0.3, 0.4) is 0 Å².